The van der Waals surface area contributed by atoms with Crippen molar-refractivity contribution in [2.24, 2.45) is 5.92 Å². The maximum absolute atomic E-state index is 14.1. The largest absolute Gasteiger partial charge is 0.475 e. The predicted molar refractivity (Wildman–Crippen MR) is 108 cm³/mol. The van der Waals surface area contributed by atoms with Crippen LogP contribution in [-0.2, 0) is 4.79 Å². The van der Waals surface area contributed by atoms with Crippen molar-refractivity contribution in [1.29, 1.82) is 0 Å². The number of hydrogen-bond donors (Lipinski definition) is 2. The van der Waals surface area contributed by atoms with Crippen molar-refractivity contribution in [2.75, 3.05) is 11.9 Å². The maximum Gasteiger partial charge on any atom is 0.471 e. The summed E-state index contributed by atoms with van der Waals surface area (Å²) >= 11 is 0. The zero-order chi connectivity index (χ0) is 23.5. The number of alkyl halides is 3. The third kappa shape index (κ3) is 6.07. The fraction of sp³-hybridized carbons (Fsp3) is 0.600. The molecule has 1 amide bonds. The van der Waals surface area contributed by atoms with Crippen LogP contribution < -0.4 is 15.4 Å². The second-order valence-electron chi connectivity index (χ2n) is 8.17. The molecule has 1 aliphatic rings. The smallest absolute Gasteiger partial charge is 0.471 e. The molecule has 0 radical (unpaired) electrons. The average Bonchev–Trinajstić information content (AvgIpc) is 3.09. The molecule has 0 atom stereocenters. The minimum absolute atomic E-state index is 0.0198. The summed E-state index contributed by atoms with van der Waals surface area (Å²) in [6.07, 6.45) is -0.174. The fourth-order valence-corrected chi connectivity index (χ4v) is 3.44. The third-order valence-electron chi connectivity index (χ3n) is 5.30. The Bertz CT molecular complexity index is 939. The van der Waals surface area contributed by atoms with Crippen molar-refractivity contribution in [3.05, 3.63) is 23.9 Å². The molecular formula is C20H26F4N6O2. The number of rotatable bonds is 7. The summed E-state index contributed by atoms with van der Waals surface area (Å²) in [6.45, 7) is 5.98. The lowest BCUT2D eigenvalue weighted by molar-refractivity contribution is -0.174. The molecule has 2 aromatic rings. The Kier molecular flexibility index (Phi) is 7.19. The number of carbonyl (C=O) groups excluding carboxylic acids is 1. The van der Waals surface area contributed by atoms with Gasteiger partial charge in [0.15, 0.2) is 0 Å². The number of halogens is 4. The standard InChI is InChI=1S/C20H26F4N6O2/c1-11(2)30-9-16(12(3)29-30)27-19-25-8-15(21)17(28-19)32-10-13-4-6-14(7-5-13)26-18(31)20(22,23)24/h8-9,11,13-14H,4-7,10H2,1-3H3,(H,26,31)(H,25,27,28)/t13-,14-. The Balaban J connectivity index is 1.53. The number of carbonyl (C=O) groups is 1. The van der Waals surface area contributed by atoms with Gasteiger partial charge in [-0.05, 0) is 52.4 Å². The monoisotopic (exact) mass is 458 g/mol. The molecule has 8 nitrogen and oxygen atoms in total. The summed E-state index contributed by atoms with van der Waals surface area (Å²) in [5, 5.41) is 9.40. The second kappa shape index (κ2) is 9.70. The van der Waals surface area contributed by atoms with Crippen molar-refractivity contribution in [3.8, 4) is 5.88 Å². The Morgan fingerprint density at radius 2 is 1.97 bits per heavy atom. The lowest BCUT2D eigenvalue weighted by atomic mass is 9.86. The van der Waals surface area contributed by atoms with Crippen LogP contribution in [0.2, 0.25) is 0 Å². The van der Waals surface area contributed by atoms with Crippen LogP contribution in [0.15, 0.2) is 12.4 Å². The number of nitrogens with one attached hydrogen (secondary N) is 2. The summed E-state index contributed by atoms with van der Waals surface area (Å²) in [7, 11) is 0. The molecule has 176 valence electrons. The molecule has 0 spiro atoms. The first-order valence-electron chi connectivity index (χ1n) is 10.4. The Morgan fingerprint density at radius 1 is 1.28 bits per heavy atom. The van der Waals surface area contributed by atoms with Crippen LogP contribution >= 0.6 is 0 Å². The SMILES string of the molecule is Cc1nn(C(C)C)cc1Nc1ncc(F)c(OC[C@H]2CC[C@H](NC(=O)C(F)(F)F)CC2)n1. The van der Waals surface area contributed by atoms with E-state index in [1.165, 1.54) is 0 Å². The van der Waals surface area contributed by atoms with Gasteiger partial charge < -0.3 is 15.4 Å². The minimum Gasteiger partial charge on any atom is -0.475 e. The molecule has 2 N–H and O–H groups in total. The molecule has 1 fully saturated rings. The Hall–Kier alpha value is -2.92. The summed E-state index contributed by atoms with van der Waals surface area (Å²) in [4.78, 5) is 19.1. The van der Waals surface area contributed by atoms with Gasteiger partial charge in [0, 0.05) is 18.3 Å². The van der Waals surface area contributed by atoms with Gasteiger partial charge in [-0.2, -0.15) is 27.6 Å². The van der Waals surface area contributed by atoms with E-state index >= 15 is 0 Å². The minimum atomic E-state index is -4.89. The molecule has 0 bridgehead atoms. The van der Waals surface area contributed by atoms with Crippen molar-refractivity contribution >= 4 is 17.5 Å². The van der Waals surface area contributed by atoms with Crippen LogP contribution in [0.25, 0.3) is 0 Å². The molecule has 0 aromatic carbocycles. The average molecular weight is 458 g/mol. The van der Waals surface area contributed by atoms with Crippen molar-refractivity contribution in [2.45, 2.75) is 64.7 Å². The van der Waals surface area contributed by atoms with E-state index < -0.39 is 23.9 Å². The van der Waals surface area contributed by atoms with E-state index in [4.69, 9.17) is 4.74 Å². The van der Waals surface area contributed by atoms with E-state index in [1.807, 2.05) is 32.3 Å². The van der Waals surface area contributed by atoms with Crippen molar-refractivity contribution < 1.29 is 27.1 Å². The molecule has 3 rings (SSSR count). The topological polar surface area (TPSA) is 94.0 Å². The van der Waals surface area contributed by atoms with Gasteiger partial charge in [0.25, 0.3) is 5.88 Å². The number of hydrogen-bond acceptors (Lipinski definition) is 6. The first-order valence-corrected chi connectivity index (χ1v) is 10.4. The van der Waals surface area contributed by atoms with Gasteiger partial charge in [-0.3, -0.25) is 9.48 Å². The molecule has 12 heteroatoms. The highest BCUT2D eigenvalue weighted by Gasteiger charge is 2.40. The van der Waals surface area contributed by atoms with Gasteiger partial charge in [-0.25, -0.2) is 4.98 Å². The molecule has 0 saturated heterocycles. The lowest BCUT2D eigenvalue weighted by Crippen LogP contribution is -2.44. The van der Waals surface area contributed by atoms with E-state index in [9.17, 15) is 22.4 Å². The van der Waals surface area contributed by atoms with E-state index in [0.29, 0.717) is 31.4 Å². The predicted octanol–water partition coefficient (Wildman–Crippen LogP) is 4.06. The molecule has 2 aromatic heterocycles. The summed E-state index contributed by atoms with van der Waals surface area (Å²) in [5.41, 5.74) is 1.43. The molecule has 0 unspecified atom stereocenters. The fourth-order valence-electron chi connectivity index (χ4n) is 3.44. The molecule has 1 aliphatic carbocycles. The van der Waals surface area contributed by atoms with Gasteiger partial charge in [0.05, 0.1) is 24.2 Å². The molecular weight excluding hydrogens is 432 g/mol. The lowest BCUT2D eigenvalue weighted by Gasteiger charge is -2.29. The van der Waals surface area contributed by atoms with Crippen LogP contribution in [0.4, 0.5) is 29.2 Å². The number of aromatic nitrogens is 4. The quantitative estimate of drug-likeness (QED) is 0.608. The van der Waals surface area contributed by atoms with Gasteiger partial charge in [0.1, 0.15) is 0 Å². The van der Waals surface area contributed by atoms with Crippen LogP contribution in [0.5, 0.6) is 5.88 Å². The summed E-state index contributed by atoms with van der Waals surface area (Å²) in [5.74, 6) is -2.66. The first-order chi connectivity index (χ1) is 15.0. The molecule has 1 saturated carbocycles. The van der Waals surface area contributed by atoms with E-state index in [0.717, 1.165) is 11.9 Å². The van der Waals surface area contributed by atoms with Crippen LogP contribution in [0.3, 0.4) is 0 Å². The Labute approximate surface area is 182 Å². The van der Waals surface area contributed by atoms with E-state index in [2.05, 4.69) is 20.4 Å². The van der Waals surface area contributed by atoms with Crippen LogP contribution in [0, 0.1) is 18.7 Å². The van der Waals surface area contributed by atoms with Crippen molar-refractivity contribution in [3.63, 3.8) is 0 Å². The third-order valence-corrected chi connectivity index (χ3v) is 5.30. The number of ether oxygens (including phenoxy) is 1. The number of amides is 1. The number of anilines is 2. The molecule has 32 heavy (non-hydrogen) atoms. The van der Waals surface area contributed by atoms with E-state index in [-0.39, 0.29) is 30.4 Å². The zero-order valence-corrected chi connectivity index (χ0v) is 18.0. The van der Waals surface area contributed by atoms with Gasteiger partial charge in [0.2, 0.25) is 11.8 Å². The van der Waals surface area contributed by atoms with Gasteiger partial charge >= 0.3 is 12.1 Å². The van der Waals surface area contributed by atoms with Crippen LogP contribution in [-0.4, -0.2) is 44.5 Å². The summed E-state index contributed by atoms with van der Waals surface area (Å²) < 4.78 is 58.5. The summed E-state index contributed by atoms with van der Waals surface area (Å²) in [6, 6.07) is -0.351. The Morgan fingerprint density at radius 3 is 2.56 bits per heavy atom. The number of aryl methyl sites for hydroxylation is 1. The zero-order valence-electron chi connectivity index (χ0n) is 18.0. The maximum atomic E-state index is 14.1. The molecule has 2 heterocycles. The van der Waals surface area contributed by atoms with Gasteiger partial charge in [-0.1, -0.05) is 0 Å². The van der Waals surface area contributed by atoms with Crippen LogP contribution in [0.1, 0.15) is 51.3 Å². The van der Waals surface area contributed by atoms with E-state index in [1.54, 1.807) is 4.68 Å². The first kappa shape index (κ1) is 23.7. The normalized spacial score (nSPS) is 19.1. The second-order valence-corrected chi connectivity index (χ2v) is 8.17. The number of nitrogens with zero attached hydrogens (tertiary/aromatic N) is 4. The highest BCUT2D eigenvalue weighted by atomic mass is 19.4. The van der Waals surface area contributed by atoms with Gasteiger partial charge in [-0.15, -0.1) is 0 Å². The van der Waals surface area contributed by atoms with Crippen molar-refractivity contribution in [1.82, 2.24) is 25.1 Å². The molecule has 0 aliphatic heterocycles. The highest BCUT2D eigenvalue weighted by molar-refractivity contribution is 5.81. The highest BCUT2D eigenvalue weighted by Crippen LogP contribution is 2.27.